The van der Waals surface area contributed by atoms with E-state index >= 15 is 0 Å². The largest absolute Gasteiger partial charge is 0.338 e. The normalized spacial score (nSPS) is 11.5. The molecule has 2 heterocycles. The van der Waals surface area contributed by atoms with Gasteiger partial charge in [0.1, 0.15) is 5.52 Å². The van der Waals surface area contributed by atoms with Crippen LogP contribution in [0.25, 0.3) is 22.1 Å². The molecule has 6 nitrogen and oxygen atoms in total. The van der Waals surface area contributed by atoms with E-state index in [1.165, 1.54) is 0 Å². The lowest BCUT2D eigenvalue weighted by Crippen LogP contribution is -1.99. The summed E-state index contributed by atoms with van der Waals surface area (Å²) in [5.41, 5.74) is 5.94. The Hall–Kier alpha value is -2.99. The van der Waals surface area contributed by atoms with Crippen molar-refractivity contribution in [1.82, 2.24) is 20.2 Å². The molecular weight excluding hydrogens is 312 g/mol. The number of halogens is 1. The standard InChI is InChI=1S/C16H11ClN6/c17-12-7-3-1-5-10(12)9-18-22-16-20-15-14(21-23-16)11-6-2-4-8-13(11)19-15/h1-9H,(H2,19,20,22,23)/b18-9+. The molecule has 23 heavy (non-hydrogen) atoms. The molecule has 0 spiro atoms. The van der Waals surface area contributed by atoms with Gasteiger partial charge in [-0.2, -0.15) is 10.1 Å². The van der Waals surface area contributed by atoms with Crippen molar-refractivity contribution in [3.63, 3.8) is 0 Å². The van der Waals surface area contributed by atoms with E-state index in [1.807, 2.05) is 42.5 Å². The van der Waals surface area contributed by atoms with Gasteiger partial charge in [-0.3, -0.25) is 0 Å². The summed E-state index contributed by atoms with van der Waals surface area (Å²) in [6.07, 6.45) is 1.61. The van der Waals surface area contributed by atoms with Gasteiger partial charge >= 0.3 is 0 Å². The molecule has 2 N–H and O–H groups in total. The number of aromatic amines is 1. The molecule has 0 aliphatic rings. The SMILES string of the molecule is Clc1ccccc1/C=N/Nc1nnc2c(n1)[nH]c1ccccc12. The van der Waals surface area contributed by atoms with Gasteiger partial charge in [-0.05, 0) is 12.1 Å². The van der Waals surface area contributed by atoms with Crippen LogP contribution in [0.4, 0.5) is 5.95 Å². The topological polar surface area (TPSA) is 78.8 Å². The number of benzene rings is 2. The molecule has 0 fully saturated rings. The van der Waals surface area contributed by atoms with Crippen molar-refractivity contribution in [2.45, 2.75) is 0 Å². The van der Waals surface area contributed by atoms with Crippen LogP contribution in [0.15, 0.2) is 53.6 Å². The summed E-state index contributed by atoms with van der Waals surface area (Å²) >= 11 is 6.06. The minimum absolute atomic E-state index is 0.312. The maximum Gasteiger partial charge on any atom is 0.265 e. The number of aromatic nitrogens is 4. The molecular formula is C16H11ClN6. The van der Waals surface area contributed by atoms with E-state index < -0.39 is 0 Å². The van der Waals surface area contributed by atoms with Crippen molar-refractivity contribution in [3.8, 4) is 0 Å². The molecule has 0 saturated carbocycles. The zero-order valence-electron chi connectivity index (χ0n) is 11.9. The number of hydrazone groups is 1. The van der Waals surface area contributed by atoms with E-state index in [4.69, 9.17) is 11.6 Å². The smallest absolute Gasteiger partial charge is 0.265 e. The Bertz CT molecular complexity index is 1020. The fourth-order valence-corrected chi connectivity index (χ4v) is 2.49. The van der Waals surface area contributed by atoms with Crippen LogP contribution in [0.3, 0.4) is 0 Å². The van der Waals surface area contributed by atoms with Gasteiger partial charge < -0.3 is 4.98 Å². The van der Waals surface area contributed by atoms with Gasteiger partial charge in [-0.15, -0.1) is 10.2 Å². The molecule has 112 valence electrons. The van der Waals surface area contributed by atoms with Crippen LogP contribution in [-0.2, 0) is 0 Å². The highest BCUT2D eigenvalue weighted by Crippen LogP contribution is 2.21. The second-order valence-electron chi connectivity index (χ2n) is 4.89. The third kappa shape index (κ3) is 2.60. The Balaban J connectivity index is 1.62. The highest BCUT2D eigenvalue weighted by molar-refractivity contribution is 6.33. The van der Waals surface area contributed by atoms with Crippen LogP contribution in [0.2, 0.25) is 5.02 Å². The van der Waals surface area contributed by atoms with E-state index in [9.17, 15) is 0 Å². The molecule has 0 aliphatic carbocycles. The first-order chi connectivity index (χ1) is 11.3. The van der Waals surface area contributed by atoms with Crippen molar-refractivity contribution in [2.24, 2.45) is 5.10 Å². The second-order valence-corrected chi connectivity index (χ2v) is 5.30. The maximum atomic E-state index is 6.06. The fourth-order valence-electron chi connectivity index (χ4n) is 2.31. The van der Waals surface area contributed by atoms with Crippen molar-refractivity contribution < 1.29 is 0 Å². The predicted octanol–water partition coefficient (Wildman–Crippen LogP) is 3.61. The number of fused-ring (bicyclic) bond motifs is 3. The van der Waals surface area contributed by atoms with Gasteiger partial charge in [0, 0.05) is 21.5 Å². The Morgan fingerprint density at radius 3 is 2.78 bits per heavy atom. The van der Waals surface area contributed by atoms with Crippen molar-refractivity contribution in [2.75, 3.05) is 5.43 Å². The molecule has 2 aromatic heterocycles. The van der Waals surface area contributed by atoms with Crippen molar-refractivity contribution >= 4 is 45.8 Å². The van der Waals surface area contributed by atoms with E-state index in [0.29, 0.717) is 16.6 Å². The lowest BCUT2D eigenvalue weighted by atomic mass is 10.2. The fraction of sp³-hybridized carbons (Fsp3) is 0. The highest BCUT2D eigenvalue weighted by atomic mass is 35.5. The Kier molecular flexibility index (Phi) is 3.36. The number of nitrogens with one attached hydrogen (secondary N) is 2. The predicted molar refractivity (Wildman–Crippen MR) is 91.9 cm³/mol. The summed E-state index contributed by atoms with van der Waals surface area (Å²) in [6, 6.07) is 15.3. The van der Waals surface area contributed by atoms with E-state index in [-0.39, 0.29) is 0 Å². The molecule has 0 unspecified atom stereocenters. The number of H-pyrrole nitrogens is 1. The van der Waals surface area contributed by atoms with Gasteiger partial charge in [0.15, 0.2) is 5.65 Å². The first-order valence-electron chi connectivity index (χ1n) is 6.96. The van der Waals surface area contributed by atoms with Crippen LogP contribution in [0.1, 0.15) is 5.56 Å². The summed E-state index contributed by atoms with van der Waals surface area (Å²) in [7, 11) is 0. The van der Waals surface area contributed by atoms with E-state index in [0.717, 1.165) is 22.0 Å². The van der Waals surface area contributed by atoms with Crippen molar-refractivity contribution in [3.05, 3.63) is 59.1 Å². The Morgan fingerprint density at radius 1 is 1.04 bits per heavy atom. The molecule has 4 aromatic rings. The molecule has 4 rings (SSSR count). The quantitative estimate of drug-likeness (QED) is 0.446. The summed E-state index contributed by atoms with van der Waals surface area (Å²) in [5, 5.41) is 14.0. The molecule has 0 saturated heterocycles. The molecule has 0 amide bonds. The number of rotatable bonds is 3. The van der Waals surface area contributed by atoms with Crippen molar-refractivity contribution in [1.29, 1.82) is 0 Å². The zero-order valence-corrected chi connectivity index (χ0v) is 12.6. The van der Waals surface area contributed by atoms with Gasteiger partial charge in [-0.1, -0.05) is 48.0 Å². The molecule has 0 atom stereocenters. The number of para-hydroxylation sites is 1. The van der Waals surface area contributed by atoms with E-state index in [1.54, 1.807) is 12.3 Å². The summed E-state index contributed by atoms with van der Waals surface area (Å²) in [6.45, 7) is 0. The number of hydrogen-bond donors (Lipinski definition) is 2. The van der Waals surface area contributed by atoms with Gasteiger partial charge in [-0.25, -0.2) is 5.43 Å². The Morgan fingerprint density at radius 2 is 1.87 bits per heavy atom. The Labute approximate surface area is 136 Å². The minimum atomic E-state index is 0.312. The zero-order chi connectivity index (χ0) is 15.6. The number of hydrogen-bond acceptors (Lipinski definition) is 5. The first kappa shape index (κ1) is 13.7. The first-order valence-corrected chi connectivity index (χ1v) is 7.34. The van der Waals surface area contributed by atoms with Crippen LogP contribution in [0.5, 0.6) is 0 Å². The third-order valence-corrected chi connectivity index (χ3v) is 3.74. The molecule has 0 bridgehead atoms. The molecule has 2 aromatic carbocycles. The minimum Gasteiger partial charge on any atom is -0.338 e. The highest BCUT2D eigenvalue weighted by Gasteiger charge is 2.07. The van der Waals surface area contributed by atoms with Crippen LogP contribution < -0.4 is 5.43 Å². The molecule has 7 heteroatoms. The number of nitrogens with zero attached hydrogens (tertiary/aromatic N) is 4. The lowest BCUT2D eigenvalue weighted by molar-refractivity contribution is 1.01. The van der Waals surface area contributed by atoms with Crippen LogP contribution >= 0.6 is 11.6 Å². The maximum absolute atomic E-state index is 6.06. The van der Waals surface area contributed by atoms with Crippen LogP contribution in [-0.4, -0.2) is 26.4 Å². The average molecular weight is 323 g/mol. The van der Waals surface area contributed by atoms with Gasteiger partial charge in [0.05, 0.1) is 6.21 Å². The van der Waals surface area contributed by atoms with Gasteiger partial charge in [0.2, 0.25) is 0 Å². The monoisotopic (exact) mass is 322 g/mol. The summed E-state index contributed by atoms with van der Waals surface area (Å²) in [5.74, 6) is 0.312. The molecule has 0 aliphatic heterocycles. The average Bonchev–Trinajstić information content (AvgIpc) is 2.94. The second kappa shape index (κ2) is 5.66. The van der Waals surface area contributed by atoms with Gasteiger partial charge in [0.25, 0.3) is 5.95 Å². The van der Waals surface area contributed by atoms with Crippen LogP contribution in [0, 0.1) is 0 Å². The third-order valence-electron chi connectivity index (χ3n) is 3.40. The summed E-state index contributed by atoms with van der Waals surface area (Å²) < 4.78 is 0. The number of anilines is 1. The van der Waals surface area contributed by atoms with E-state index in [2.05, 4.69) is 30.7 Å². The molecule has 0 radical (unpaired) electrons. The lowest BCUT2D eigenvalue weighted by Gasteiger charge is -1.98. The summed E-state index contributed by atoms with van der Waals surface area (Å²) in [4.78, 5) is 7.59.